The standard InChI is InChI=1S/C31H37N5O2/c1-21-17-29(37)35(3)28-10-8-24(19-25(21)28)30-26-18-23(7-9-27(26)33-34-30)22(2)32-20-31(11-5-4-6-12-31)36-13-15-38-16-14-36/h7-10,17-19,32H,2,4-6,11-16,20H2,1,3H3,(H,33,34). The van der Waals surface area contributed by atoms with E-state index in [4.69, 9.17) is 4.74 Å². The summed E-state index contributed by atoms with van der Waals surface area (Å²) < 4.78 is 7.34. The molecule has 0 unspecified atom stereocenters. The lowest BCUT2D eigenvalue weighted by Crippen LogP contribution is -2.58. The molecule has 198 valence electrons. The van der Waals surface area contributed by atoms with Crippen LogP contribution in [0.4, 0.5) is 0 Å². The molecule has 3 heterocycles. The Balaban J connectivity index is 1.28. The Morgan fingerprint density at radius 1 is 1.08 bits per heavy atom. The number of rotatable bonds is 6. The first-order valence-electron chi connectivity index (χ1n) is 13.8. The first-order valence-corrected chi connectivity index (χ1v) is 13.8. The fraction of sp³-hybridized carbons (Fsp3) is 0.419. The molecule has 1 saturated carbocycles. The molecule has 2 fully saturated rings. The van der Waals surface area contributed by atoms with Gasteiger partial charge in [0.15, 0.2) is 0 Å². The van der Waals surface area contributed by atoms with Crippen LogP contribution in [-0.2, 0) is 11.8 Å². The SMILES string of the molecule is C=C(NCC1(N2CCOCC2)CCCCC1)c1ccc2[nH]nc(-c3ccc4c(c3)c(C)cc(=O)n4C)c2c1. The largest absolute Gasteiger partial charge is 0.383 e. The van der Waals surface area contributed by atoms with Crippen molar-refractivity contribution in [2.45, 2.75) is 44.6 Å². The number of H-pyrrole nitrogens is 1. The average Bonchev–Trinajstić information content (AvgIpc) is 3.39. The van der Waals surface area contributed by atoms with Gasteiger partial charge in [-0.15, -0.1) is 0 Å². The molecule has 0 spiro atoms. The number of fused-ring (bicyclic) bond motifs is 2. The summed E-state index contributed by atoms with van der Waals surface area (Å²) in [6, 6.07) is 14.3. The van der Waals surface area contributed by atoms with Crippen molar-refractivity contribution in [1.29, 1.82) is 0 Å². The van der Waals surface area contributed by atoms with E-state index in [0.717, 1.165) is 82.7 Å². The second-order valence-corrected chi connectivity index (χ2v) is 11.0. The average molecular weight is 512 g/mol. The van der Waals surface area contributed by atoms with Gasteiger partial charge in [0.25, 0.3) is 5.56 Å². The van der Waals surface area contributed by atoms with Crippen LogP contribution in [0, 0.1) is 6.92 Å². The minimum absolute atomic E-state index is 0.00671. The first kappa shape index (κ1) is 24.9. The van der Waals surface area contributed by atoms with Crippen LogP contribution in [-0.4, -0.2) is 58.1 Å². The molecule has 0 bridgehead atoms. The fourth-order valence-electron chi connectivity index (χ4n) is 6.42. The summed E-state index contributed by atoms with van der Waals surface area (Å²) in [5, 5.41) is 13.7. The van der Waals surface area contributed by atoms with Gasteiger partial charge in [-0.1, -0.05) is 38.0 Å². The summed E-state index contributed by atoms with van der Waals surface area (Å²) in [5.74, 6) is 0. The molecule has 2 aromatic heterocycles. The zero-order chi connectivity index (χ0) is 26.3. The van der Waals surface area contributed by atoms with E-state index in [1.54, 1.807) is 10.6 Å². The Morgan fingerprint density at radius 3 is 2.66 bits per heavy atom. The van der Waals surface area contributed by atoms with Crippen molar-refractivity contribution < 1.29 is 4.74 Å². The third kappa shape index (κ3) is 4.44. The van der Waals surface area contributed by atoms with Crippen LogP contribution in [0.25, 0.3) is 38.8 Å². The van der Waals surface area contributed by atoms with Crippen molar-refractivity contribution in [1.82, 2.24) is 25.0 Å². The highest BCUT2D eigenvalue weighted by Crippen LogP contribution is 2.35. The molecule has 7 heteroatoms. The van der Waals surface area contributed by atoms with Crippen LogP contribution in [0.2, 0.25) is 0 Å². The Hall–Kier alpha value is -3.42. The van der Waals surface area contributed by atoms with Gasteiger partial charge >= 0.3 is 0 Å². The summed E-state index contributed by atoms with van der Waals surface area (Å²) in [6.07, 6.45) is 6.36. The number of benzene rings is 2. The van der Waals surface area contributed by atoms with Crippen LogP contribution < -0.4 is 10.9 Å². The third-order valence-corrected chi connectivity index (χ3v) is 8.74. The molecule has 6 rings (SSSR count). The van der Waals surface area contributed by atoms with E-state index in [1.807, 2.05) is 26.1 Å². The minimum Gasteiger partial charge on any atom is -0.383 e. The predicted octanol–water partition coefficient (Wildman–Crippen LogP) is 4.99. The minimum atomic E-state index is 0.00671. The molecule has 0 amide bonds. The van der Waals surface area contributed by atoms with Crippen molar-refractivity contribution >= 4 is 27.5 Å². The van der Waals surface area contributed by atoms with Gasteiger partial charge in [0.2, 0.25) is 0 Å². The Morgan fingerprint density at radius 2 is 1.87 bits per heavy atom. The van der Waals surface area contributed by atoms with Crippen LogP contribution in [0.15, 0.2) is 53.8 Å². The van der Waals surface area contributed by atoms with E-state index >= 15 is 0 Å². The fourth-order valence-corrected chi connectivity index (χ4v) is 6.42. The van der Waals surface area contributed by atoms with E-state index in [-0.39, 0.29) is 11.1 Å². The zero-order valence-electron chi connectivity index (χ0n) is 22.5. The molecule has 0 atom stereocenters. The summed E-state index contributed by atoms with van der Waals surface area (Å²) in [7, 11) is 1.81. The molecule has 2 aliphatic rings. The van der Waals surface area contributed by atoms with Gasteiger partial charge in [-0.05, 0) is 55.2 Å². The number of hydrogen-bond donors (Lipinski definition) is 2. The van der Waals surface area contributed by atoms with Gasteiger partial charge in [-0.2, -0.15) is 5.10 Å². The van der Waals surface area contributed by atoms with Crippen molar-refractivity contribution in [2.24, 2.45) is 7.05 Å². The molecule has 1 saturated heterocycles. The summed E-state index contributed by atoms with van der Waals surface area (Å²) in [6.45, 7) is 11.0. The molecule has 2 N–H and O–H groups in total. The normalized spacial score (nSPS) is 18.2. The molecule has 4 aromatic rings. The highest BCUT2D eigenvalue weighted by Gasteiger charge is 2.38. The molecule has 2 aromatic carbocycles. The van der Waals surface area contributed by atoms with Crippen molar-refractivity contribution in [2.75, 3.05) is 32.8 Å². The quantitative estimate of drug-likeness (QED) is 0.382. The summed E-state index contributed by atoms with van der Waals surface area (Å²) in [4.78, 5) is 14.9. The number of ether oxygens (including phenoxy) is 1. The lowest BCUT2D eigenvalue weighted by atomic mass is 9.79. The molecule has 1 aliphatic heterocycles. The maximum atomic E-state index is 12.2. The van der Waals surface area contributed by atoms with Gasteiger partial charge in [-0.3, -0.25) is 14.8 Å². The maximum Gasteiger partial charge on any atom is 0.251 e. The monoisotopic (exact) mass is 511 g/mol. The van der Waals surface area contributed by atoms with Crippen molar-refractivity contribution in [3.05, 3.63) is 70.5 Å². The molecule has 7 nitrogen and oxygen atoms in total. The van der Waals surface area contributed by atoms with E-state index in [2.05, 4.69) is 51.3 Å². The maximum absolute atomic E-state index is 12.2. The Labute approximate surface area is 223 Å². The second-order valence-electron chi connectivity index (χ2n) is 11.0. The molecule has 1 aliphatic carbocycles. The highest BCUT2D eigenvalue weighted by atomic mass is 16.5. The smallest absolute Gasteiger partial charge is 0.251 e. The van der Waals surface area contributed by atoms with Gasteiger partial charge in [0.1, 0.15) is 0 Å². The van der Waals surface area contributed by atoms with Crippen LogP contribution in [0.1, 0.15) is 43.2 Å². The number of aromatic amines is 1. The van der Waals surface area contributed by atoms with E-state index in [9.17, 15) is 4.79 Å². The van der Waals surface area contributed by atoms with Gasteiger partial charge < -0.3 is 14.6 Å². The van der Waals surface area contributed by atoms with Crippen LogP contribution >= 0.6 is 0 Å². The number of pyridine rings is 1. The van der Waals surface area contributed by atoms with E-state index in [0.29, 0.717) is 0 Å². The molecular formula is C31H37N5O2. The van der Waals surface area contributed by atoms with Gasteiger partial charge in [0.05, 0.1) is 29.9 Å². The van der Waals surface area contributed by atoms with Crippen LogP contribution in [0.3, 0.4) is 0 Å². The first-order chi connectivity index (χ1) is 18.4. The zero-order valence-corrected chi connectivity index (χ0v) is 22.5. The number of nitrogens with one attached hydrogen (secondary N) is 2. The van der Waals surface area contributed by atoms with Crippen LogP contribution in [0.5, 0.6) is 0 Å². The number of aromatic nitrogens is 3. The molecule has 38 heavy (non-hydrogen) atoms. The Kier molecular flexibility index (Phi) is 6.58. The van der Waals surface area contributed by atoms with E-state index < -0.39 is 0 Å². The Bertz CT molecular complexity index is 1550. The number of morpholine rings is 1. The molecular weight excluding hydrogens is 474 g/mol. The number of nitrogens with zero attached hydrogens (tertiary/aromatic N) is 3. The topological polar surface area (TPSA) is 75.2 Å². The number of aryl methyl sites for hydroxylation is 2. The second kappa shape index (κ2) is 10.0. The lowest BCUT2D eigenvalue weighted by Gasteiger charge is -2.48. The summed E-state index contributed by atoms with van der Waals surface area (Å²) >= 11 is 0. The van der Waals surface area contributed by atoms with Crippen molar-refractivity contribution in [3.63, 3.8) is 0 Å². The third-order valence-electron chi connectivity index (χ3n) is 8.74. The van der Waals surface area contributed by atoms with Crippen molar-refractivity contribution in [3.8, 4) is 11.3 Å². The summed E-state index contributed by atoms with van der Waals surface area (Å²) in [5.41, 5.74) is 7.02. The predicted molar refractivity (Wildman–Crippen MR) is 154 cm³/mol. The van der Waals surface area contributed by atoms with E-state index in [1.165, 1.54) is 32.1 Å². The van der Waals surface area contributed by atoms with Gasteiger partial charge in [0, 0.05) is 60.3 Å². The molecule has 0 radical (unpaired) electrons. The highest BCUT2D eigenvalue weighted by molar-refractivity contribution is 5.97. The van der Waals surface area contributed by atoms with Gasteiger partial charge in [-0.25, -0.2) is 0 Å². The number of hydrogen-bond acceptors (Lipinski definition) is 5. The lowest BCUT2D eigenvalue weighted by molar-refractivity contribution is -0.0354.